The van der Waals surface area contributed by atoms with Crippen molar-refractivity contribution in [3.05, 3.63) is 51.2 Å². The molecule has 1 atom stereocenters. The summed E-state index contributed by atoms with van der Waals surface area (Å²) in [6.07, 6.45) is 0. The van der Waals surface area contributed by atoms with Gasteiger partial charge in [0.1, 0.15) is 4.88 Å². The normalized spacial score (nSPS) is 12.2. The second-order valence-corrected chi connectivity index (χ2v) is 5.68. The van der Waals surface area contributed by atoms with Crippen LogP contribution in [0.25, 0.3) is 0 Å². The van der Waals surface area contributed by atoms with E-state index in [0.29, 0.717) is 15.6 Å². The molecule has 2 rings (SSSR count). The van der Waals surface area contributed by atoms with E-state index in [1.165, 1.54) is 11.3 Å². The number of carbonyl (C=O) groups excluding carboxylic acids is 1. The minimum atomic E-state index is -0.0741. The number of amides is 1. The van der Waals surface area contributed by atoms with Gasteiger partial charge in [0.05, 0.1) is 11.1 Å². The van der Waals surface area contributed by atoms with Gasteiger partial charge in [0.2, 0.25) is 0 Å². The SMILES string of the molecule is CC(c1cccc(N)c1)N(C)C(=O)c1sccc1Cl. The maximum atomic E-state index is 12.3. The highest BCUT2D eigenvalue weighted by atomic mass is 35.5. The van der Waals surface area contributed by atoms with Crippen LogP contribution in [-0.2, 0) is 0 Å². The molecule has 0 saturated heterocycles. The van der Waals surface area contributed by atoms with Crippen molar-refractivity contribution in [1.82, 2.24) is 4.90 Å². The average Bonchev–Trinajstić information content (AvgIpc) is 2.82. The lowest BCUT2D eigenvalue weighted by Crippen LogP contribution is -2.29. The molecule has 0 aliphatic rings. The first-order valence-electron chi connectivity index (χ1n) is 5.86. The number of benzene rings is 1. The van der Waals surface area contributed by atoms with Gasteiger partial charge in [0.15, 0.2) is 0 Å². The summed E-state index contributed by atoms with van der Waals surface area (Å²) in [5.41, 5.74) is 7.47. The van der Waals surface area contributed by atoms with Gasteiger partial charge in [-0.05, 0) is 36.1 Å². The van der Waals surface area contributed by atoms with E-state index in [1.807, 2.05) is 36.6 Å². The molecule has 2 N–H and O–H groups in total. The van der Waals surface area contributed by atoms with Gasteiger partial charge in [-0.1, -0.05) is 23.7 Å². The van der Waals surface area contributed by atoms with Crippen molar-refractivity contribution in [3.63, 3.8) is 0 Å². The number of hydrogen-bond acceptors (Lipinski definition) is 3. The van der Waals surface area contributed by atoms with Crippen molar-refractivity contribution in [2.45, 2.75) is 13.0 Å². The van der Waals surface area contributed by atoms with Gasteiger partial charge in [0, 0.05) is 12.7 Å². The summed E-state index contributed by atoms with van der Waals surface area (Å²) in [4.78, 5) is 14.6. The summed E-state index contributed by atoms with van der Waals surface area (Å²) in [6, 6.07) is 9.23. The van der Waals surface area contributed by atoms with E-state index in [-0.39, 0.29) is 11.9 Å². The Morgan fingerprint density at radius 2 is 2.16 bits per heavy atom. The summed E-state index contributed by atoms with van der Waals surface area (Å²) in [6.45, 7) is 1.97. The van der Waals surface area contributed by atoms with Gasteiger partial charge in [-0.2, -0.15) is 0 Å². The molecule has 5 heteroatoms. The molecule has 2 aromatic rings. The van der Waals surface area contributed by atoms with Crippen molar-refractivity contribution >= 4 is 34.5 Å². The predicted octanol–water partition coefficient (Wildman–Crippen LogP) is 3.82. The first-order chi connectivity index (χ1) is 9.00. The molecule has 0 aliphatic carbocycles. The third-order valence-corrected chi connectivity index (χ3v) is 4.44. The Labute approximate surface area is 121 Å². The lowest BCUT2D eigenvalue weighted by molar-refractivity contribution is 0.0747. The molecular formula is C14H15ClN2OS. The highest BCUT2D eigenvalue weighted by molar-refractivity contribution is 7.12. The fraction of sp³-hybridized carbons (Fsp3) is 0.214. The summed E-state index contributed by atoms with van der Waals surface area (Å²) >= 11 is 7.35. The lowest BCUT2D eigenvalue weighted by atomic mass is 10.1. The highest BCUT2D eigenvalue weighted by Gasteiger charge is 2.21. The Morgan fingerprint density at radius 1 is 1.42 bits per heavy atom. The molecule has 1 amide bonds. The van der Waals surface area contributed by atoms with Crippen LogP contribution < -0.4 is 5.73 Å². The number of carbonyl (C=O) groups is 1. The van der Waals surface area contributed by atoms with Crippen LogP contribution >= 0.6 is 22.9 Å². The van der Waals surface area contributed by atoms with Gasteiger partial charge < -0.3 is 10.6 Å². The summed E-state index contributed by atoms with van der Waals surface area (Å²) in [7, 11) is 1.77. The van der Waals surface area contributed by atoms with Gasteiger partial charge in [-0.25, -0.2) is 0 Å². The number of thiophene rings is 1. The van der Waals surface area contributed by atoms with Gasteiger partial charge in [-0.3, -0.25) is 4.79 Å². The first-order valence-corrected chi connectivity index (χ1v) is 7.12. The van der Waals surface area contributed by atoms with Gasteiger partial charge in [0.25, 0.3) is 5.91 Å². The van der Waals surface area contributed by atoms with Crippen LogP contribution in [0.5, 0.6) is 0 Å². The van der Waals surface area contributed by atoms with Crippen LogP contribution in [0.2, 0.25) is 5.02 Å². The molecule has 0 aliphatic heterocycles. The Balaban J connectivity index is 2.22. The maximum Gasteiger partial charge on any atom is 0.265 e. The molecule has 1 aromatic heterocycles. The third-order valence-electron chi connectivity index (χ3n) is 3.11. The molecule has 19 heavy (non-hydrogen) atoms. The monoisotopic (exact) mass is 294 g/mol. The predicted molar refractivity (Wildman–Crippen MR) is 80.7 cm³/mol. The van der Waals surface area contributed by atoms with Crippen LogP contribution in [0, 0.1) is 0 Å². The second kappa shape index (κ2) is 5.63. The minimum Gasteiger partial charge on any atom is -0.399 e. The minimum absolute atomic E-state index is 0.0610. The molecule has 1 unspecified atom stereocenters. The standard InChI is InChI=1S/C14H15ClN2OS/c1-9(10-4-3-5-11(16)8-10)17(2)14(18)13-12(15)6-7-19-13/h3-9H,16H2,1-2H3. The zero-order valence-corrected chi connectivity index (χ0v) is 12.3. The maximum absolute atomic E-state index is 12.3. The molecule has 0 bridgehead atoms. The van der Waals surface area contributed by atoms with Crippen LogP contribution in [0.4, 0.5) is 5.69 Å². The summed E-state index contributed by atoms with van der Waals surface area (Å²) in [5, 5.41) is 2.32. The highest BCUT2D eigenvalue weighted by Crippen LogP contribution is 2.27. The van der Waals surface area contributed by atoms with Crippen molar-refractivity contribution in [1.29, 1.82) is 0 Å². The number of anilines is 1. The van der Waals surface area contributed by atoms with Gasteiger partial charge in [-0.15, -0.1) is 11.3 Å². The fourth-order valence-corrected chi connectivity index (χ4v) is 2.94. The van der Waals surface area contributed by atoms with E-state index in [4.69, 9.17) is 17.3 Å². The quantitative estimate of drug-likeness (QED) is 0.875. The molecule has 3 nitrogen and oxygen atoms in total. The number of hydrogen-bond donors (Lipinski definition) is 1. The number of nitrogen functional groups attached to an aromatic ring is 1. The Morgan fingerprint density at radius 3 is 2.74 bits per heavy atom. The van der Waals surface area contributed by atoms with Crippen LogP contribution in [0.1, 0.15) is 28.2 Å². The van der Waals surface area contributed by atoms with Crippen molar-refractivity contribution < 1.29 is 4.79 Å². The van der Waals surface area contributed by atoms with E-state index in [0.717, 1.165) is 5.56 Å². The third kappa shape index (κ3) is 2.91. The molecular weight excluding hydrogens is 280 g/mol. The largest absolute Gasteiger partial charge is 0.399 e. The zero-order chi connectivity index (χ0) is 14.0. The topological polar surface area (TPSA) is 46.3 Å². The van der Waals surface area contributed by atoms with E-state index in [1.54, 1.807) is 18.0 Å². The smallest absolute Gasteiger partial charge is 0.265 e. The van der Waals surface area contributed by atoms with Crippen LogP contribution in [0.15, 0.2) is 35.7 Å². The van der Waals surface area contributed by atoms with E-state index < -0.39 is 0 Å². The van der Waals surface area contributed by atoms with Crippen molar-refractivity contribution in [3.8, 4) is 0 Å². The number of nitrogens with zero attached hydrogens (tertiary/aromatic N) is 1. The molecule has 0 fully saturated rings. The molecule has 100 valence electrons. The van der Waals surface area contributed by atoms with Crippen molar-refractivity contribution in [2.75, 3.05) is 12.8 Å². The Hall–Kier alpha value is -1.52. The molecule has 0 saturated carbocycles. The zero-order valence-electron chi connectivity index (χ0n) is 10.8. The molecule has 1 aromatic carbocycles. The Bertz CT molecular complexity index is 597. The molecule has 1 heterocycles. The first kappa shape index (κ1) is 13.9. The fourth-order valence-electron chi connectivity index (χ4n) is 1.82. The number of nitrogens with two attached hydrogens (primary N) is 1. The average molecular weight is 295 g/mol. The van der Waals surface area contributed by atoms with Crippen LogP contribution in [-0.4, -0.2) is 17.9 Å². The van der Waals surface area contributed by atoms with Crippen molar-refractivity contribution in [2.24, 2.45) is 0 Å². The van der Waals surface area contributed by atoms with Gasteiger partial charge >= 0.3 is 0 Å². The number of halogens is 1. The van der Waals surface area contributed by atoms with E-state index in [9.17, 15) is 4.79 Å². The molecule has 0 radical (unpaired) electrons. The lowest BCUT2D eigenvalue weighted by Gasteiger charge is -2.25. The van der Waals surface area contributed by atoms with Crippen LogP contribution in [0.3, 0.4) is 0 Å². The second-order valence-electron chi connectivity index (χ2n) is 4.36. The Kier molecular flexibility index (Phi) is 4.12. The summed E-state index contributed by atoms with van der Waals surface area (Å²) < 4.78 is 0. The number of rotatable bonds is 3. The summed E-state index contributed by atoms with van der Waals surface area (Å²) in [5.74, 6) is -0.0741. The molecule has 0 spiro atoms. The van der Waals surface area contributed by atoms with E-state index in [2.05, 4.69) is 0 Å². The van der Waals surface area contributed by atoms with E-state index >= 15 is 0 Å².